The zero-order chi connectivity index (χ0) is 8.62. The van der Waals surface area contributed by atoms with Crippen LogP contribution in [-0.4, -0.2) is 17.5 Å². The first-order valence-corrected chi connectivity index (χ1v) is 4.41. The van der Waals surface area contributed by atoms with Crippen LogP contribution in [0.5, 0.6) is 0 Å². The second-order valence-electron chi connectivity index (χ2n) is 1.76. The van der Waals surface area contributed by atoms with Crippen molar-refractivity contribution in [3.8, 4) is 0 Å². The minimum Gasteiger partial charge on any atom is -0.759 e. The Balaban J connectivity index is -0.0000000457. The Morgan fingerprint density at radius 2 is 1.17 bits per heavy atom. The van der Waals surface area contributed by atoms with Gasteiger partial charge >= 0.3 is 0 Å². The molecule has 0 aliphatic carbocycles. The third kappa shape index (κ3) is 236. The van der Waals surface area contributed by atoms with Crippen molar-refractivity contribution in [2.24, 2.45) is 0 Å². The molecule has 0 radical (unpaired) electrons. The fourth-order valence-electron chi connectivity index (χ4n) is 0.354. The van der Waals surface area contributed by atoms with E-state index in [1.165, 1.54) is 19.3 Å². The molecule has 0 aromatic carbocycles. The van der Waals surface area contributed by atoms with Crippen molar-refractivity contribution in [3.05, 3.63) is 0 Å². The van der Waals surface area contributed by atoms with Gasteiger partial charge in [-0.05, 0) is 0 Å². The summed E-state index contributed by atoms with van der Waals surface area (Å²) in [4.78, 5) is 0. The van der Waals surface area contributed by atoms with Crippen LogP contribution in [0.15, 0.2) is 0 Å². The maximum absolute atomic E-state index is 8.52. The van der Waals surface area contributed by atoms with Crippen LogP contribution in [0.1, 0.15) is 33.1 Å². The second kappa shape index (κ2) is 13.4. The van der Waals surface area contributed by atoms with Gasteiger partial charge in [0.2, 0.25) is 0 Å². The van der Waals surface area contributed by atoms with Crippen molar-refractivity contribution < 1.29 is 17.5 Å². The smallest absolute Gasteiger partial charge is 0.0311 e. The quantitative estimate of drug-likeness (QED) is 0.517. The maximum atomic E-state index is 8.52. The van der Waals surface area contributed by atoms with Crippen molar-refractivity contribution in [3.63, 3.8) is 0 Å². The Hall–Kier alpha value is -0.210. The highest BCUT2D eigenvalue weighted by atomic mass is 32.3. The molecule has 0 heterocycles. The van der Waals surface area contributed by atoms with Crippen LogP contribution in [-0.2, 0) is 10.4 Å². The molecule has 0 aromatic heterocycles. The van der Waals surface area contributed by atoms with Crippen LogP contribution in [0, 0.1) is 0 Å². The van der Waals surface area contributed by atoms with Crippen molar-refractivity contribution in [2.45, 2.75) is 33.1 Å². The Labute approximate surface area is 74.1 Å². The normalized spacial score (nSPS) is 8.33. The highest BCUT2D eigenvalue weighted by Crippen LogP contribution is 1.88. The molecule has 0 bridgehead atoms. The van der Waals surface area contributed by atoms with E-state index in [1.807, 2.05) is 0 Å². The summed E-state index contributed by atoms with van der Waals surface area (Å²) in [5.74, 6) is 0. The predicted octanol–water partition coefficient (Wildman–Crippen LogP) is 1.61. The average Bonchev–Trinajstić information content (AvgIpc) is 1.63. The lowest BCUT2D eigenvalue weighted by Crippen LogP contribution is -1.91. The summed E-state index contributed by atoms with van der Waals surface area (Å²) in [6.45, 7) is 4.42. The van der Waals surface area contributed by atoms with Crippen molar-refractivity contribution in [1.82, 2.24) is 12.3 Å². The number of hydrogen-bond acceptors (Lipinski definition) is 4. The van der Waals surface area contributed by atoms with E-state index < -0.39 is 10.4 Å². The van der Waals surface area contributed by atoms with Crippen LogP contribution >= 0.6 is 0 Å². The Morgan fingerprint density at radius 3 is 1.17 bits per heavy atom. The van der Waals surface area contributed by atoms with Gasteiger partial charge in [0.1, 0.15) is 0 Å². The summed E-state index contributed by atoms with van der Waals surface area (Å²) in [6.07, 6.45) is 4.08. The van der Waals surface area contributed by atoms with E-state index in [4.69, 9.17) is 17.5 Å². The molecule has 0 spiro atoms. The summed E-state index contributed by atoms with van der Waals surface area (Å²) in [5, 5.41) is 0. The Morgan fingerprint density at radius 1 is 1.00 bits per heavy atom. The molecule has 6 nitrogen and oxygen atoms in total. The maximum Gasteiger partial charge on any atom is 0.0311 e. The van der Waals surface area contributed by atoms with Gasteiger partial charge in [-0.15, -0.1) is 0 Å². The summed E-state index contributed by atoms with van der Waals surface area (Å²) < 4.78 is 34.1. The number of rotatable bonds is 2. The van der Waals surface area contributed by atoms with Gasteiger partial charge in [-0.2, -0.15) is 0 Å². The van der Waals surface area contributed by atoms with Crippen LogP contribution in [0.25, 0.3) is 0 Å². The molecular weight excluding hydrogens is 184 g/mol. The molecule has 8 N–H and O–H groups in total. The minimum atomic E-state index is -5.17. The average molecular weight is 204 g/mol. The van der Waals surface area contributed by atoms with Gasteiger partial charge in [-0.1, -0.05) is 33.1 Å². The van der Waals surface area contributed by atoms with Gasteiger partial charge in [0.05, 0.1) is 0 Å². The summed E-state index contributed by atoms with van der Waals surface area (Å²) in [5.41, 5.74) is 0. The zero-order valence-electron chi connectivity index (χ0n) is 8.16. The minimum absolute atomic E-state index is 0. The Kier molecular flexibility index (Phi) is 25.2. The van der Waals surface area contributed by atoms with Crippen molar-refractivity contribution in [2.75, 3.05) is 0 Å². The third-order valence-electron chi connectivity index (χ3n) is 0.707. The molecule has 0 aliphatic heterocycles. The zero-order valence-corrected chi connectivity index (χ0v) is 8.98. The van der Waals surface area contributed by atoms with E-state index in [9.17, 15) is 0 Å². The van der Waals surface area contributed by atoms with Crippen LogP contribution in [0.2, 0.25) is 0 Å². The molecule has 12 heavy (non-hydrogen) atoms. The van der Waals surface area contributed by atoms with E-state index in [0.29, 0.717) is 0 Å². The van der Waals surface area contributed by atoms with Crippen LogP contribution in [0.3, 0.4) is 0 Å². The van der Waals surface area contributed by atoms with E-state index in [-0.39, 0.29) is 12.3 Å². The molecule has 0 saturated heterocycles. The fraction of sp³-hybridized carbons (Fsp3) is 1.00. The van der Waals surface area contributed by atoms with Gasteiger partial charge in [-0.3, -0.25) is 8.42 Å². The third-order valence-corrected chi connectivity index (χ3v) is 0.707. The van der Waals surface area contributed by atoms with Gasteiger partial charge < -0.3 is 21.4 Å². The molecule has 0 amide bonds. The predicted molar refractivity (Wildman–Crippen MR) is 47.6 cm³/mol. The SMILES string of the molecule is CCCCC.O=S(=O)([O-])[O-].[NH4+].[NH4+]. The molecule has 0 rings (SSSR count). The summed E-state index contributed by atoms with van der Waals surface area (Å²) in [6, 6.07) is 0. The number of unbranched alkanes of at least 4 members (excludes halogenated alkanes) is 2. The van der Waals surface area contributed by atoms with Gasteiger partial charge in [0.15, 0.2) is 0 Å². The molecule has 0 aromatic rings. The molecular formula is C5H20N2O4S. The lowest BCUT2D eigenvalue weighted by Gasteiger charge is -2.06. The first kappa shape index (κ1) is 22.6. The molecule has 7 heteroatoms. The van der Waals surface area contributed by atoms with Crippen LogP contribution in [0.4, 0.5) is 0 Å². The molecule has 0 atom stereocenters. The van der Waals surface area contributed by atoms with Crippen molar-refractivity contribution >= 4 is 10.4 Å². The lowest BCUT2D eigenvalue weighted by molar-refractivity contribution is 0.352. The topological polar surface area (TPSA) is 153 Å². The standard InChI is InChI=1S/C5H12.2H3N.H2O4S/c1-3-5-4-2;;;1-5(2,3)4/h3-5H2,1-2H3;2*1H3;(H2,1,2,3,4). The highest BCUT2D eigenvalue weighted by molar-refractivity contribution is 7.79. The van der Waals surface area contributed by atoms with Gasteiger partial charge in [0.25, 0.3) is 0 Å². The van der Waals surface area contributed by atoms with E-state index in [2.05, 4.69) is 13.8 Å². The first-order chi connectivity index (χ1) is 4.41. The lowest BCUT2D eigenvalue weighted by atomic mass is 10.3. The number of quaternary nitrogens is 2. The van der Waals surface area contributed by atoms with Gasteiger partial charge in [-0.25, -0.2) is 0 Å². The van der Waals surface area contributed by atoms with Crippen LogP contribution < -0.4 is 12.3 Å². The van der Waals surface area contributed by atoms with Crippen molar-refractivity contribution in [1.29, 1.82) is 0 Å². The van der Waals surface area contributed by atoms with Gasteiger partial charge in [0, 0.05) is 10.4 Å². The fourth-order valence-corrected chi connectivity index (χ4v) is 0.354. The molecule has 0 unspecified atom stereocenters. The molecule has 0 aliphatic rings. The second-order valence-corrected chi connectivity index (χ2v) is 2.58. The summed E-state index contributed by atoms with van der Waals surface area (Å²) in [7, 11) is -5.17. The largest absolute Gasteiger partial charge is 0.759 e. The first-order valence-electron chi connectivity index (χ1n) is 3.08. The number of hydrogen-bond donors (Lipinski definition) is 2. The van der Waals surface area contributed by atoms with E-state index in [1.54, 1.807) is 0 Å². The molecule has 0 fully saturated rings. The highest BCUT2D eigenvalue weighted by Gasteiger charge is 1.68. The summed E-state index contributed by atoms with van der Waals surface area (Å²) >= 11 is 0. The Bertz CT molecular complexity index is 136. The van der Waals surface area contributed by atoms with E-state index >= 15 is 0 Å². The monoisotopic (exact) mass is 204 g/mol. The van der Waals surface area contributed by atoms with E-state index in [0.717, 1.165) is 0 Å². The molecule has 0 saturated carbocycles. The molecule has 80 valence electrons.